The van der Waals surface area contributed by atoms with Crippen LogP contribution in [0, 0.1) is 5.92 Å². The molecule has 1 saturated carbocycles. The summed E-state index contributed by atoms with van der Waals surface area (Å²) >= 11 is 0. The first-order valence-corrected chi connectivity index (χ1v) is 14.2. The predicted octanol–water partition coefficient (Wildman–Crippen LogP) is 4.93. The number of amides is 1. The summed E-state index contributed by atoms with van der Waals surface area (Å²) in [5, 5.41) is 0. The Hall–Kier alpha value is -4.99. The Kier molecular flexibility index (Phi) is 10.9. The standard InChI is InChI=1S/C34H39N3O7/c1-36-29(18-28(35)23-12-13-23)33(38)37(19-25-14-15-27(40-2)17-31(25)41-3)20-26-10-7-11-30(32(26)42-4)44-21-22-8-6-9-24(16-22)34(39)43-5/h6-11,14-18,23H,12-13,19-21,35H2,1-5H3. The number of allylic oxidation sites excluding steroid dienone is 1. The molecule has 1 amide bonds. The van der Waals surface area contributed by atoms with Gasteiger partial charge in [-0.15, -0.1) is 0 Å². The number of rotatable bonds is 14. The van der Waals surface area contributed by atoms with Crippen molar-refractivity contribution < 1.29 is 33.3 Å². The lowest BCUT2D eigenvalue weighted by Gasteiger charge is -2.25. The fourth-order valence-electron chi connectivity index (χ4n) is 4.77. The average Bonchev–Trinajstić information content (AvgIpc) is 3.91. The number of hydrogen-bond donors (Lipinski definition) is 1. The van der Waals surface area contributed by atoms with E-state index in [0.29, 0.717) is 34.3 Å². The third kappa shape index (κ3) is 7.89. The maximum absolute atomic E-state index is 14.0. The first-order valence-electron chi connectivity index (χ1n) is 14.2. The average molecular weight is 602 g/mol. The molecule has 0 unspecified atom stereocenters. The highest BCUT2D eigenvalue weighted by Gasteiger charge is 2.27. The minimum absolute atomic E-state index is 0.183. The topological polar surface area (TPSA) is 122 Å². The second-order valence-electron chi connectivity index (χ2n) is 10.3. The minimum Gasteiger partial charge on any atom is -0.497 e. The molecule has 10 nitrogen and oxygen atoms in total. The van der Waals surface area contributed by atoms with Gasteiger partial charge in [-0.25, -0.2) is 4.79 Å². The summed E-state index contributed by atoms with van der Waals surface area (Å²) in [5.74, 6) is 1.78. The molecule has 4 rings (SSSR count). The molecule has 44 heavy (non-hydrogen) atoms. The van der Waals surface area contributed by atoms with Crippen molar-refractivity contribution in [2.75, 3.05) is 35.5 Å². The molecular formula is C34H39N3O7. The van der Waals surface area contributed by atoms with Crippen LogP contribution in [0.25, 0.3) is 0 Å². The van der Waals surface area contributed by atoms with Crippen molar-refractivity contribution in [1.82, 2.24) is 4.90 Å². The van der Waals surface area contributed by atoms with E-state index in [1.54, 1.807) is 69.7 Å². The zero-order valence-corrected chi connectivity index (χ0v) is 25.8. The SMILES string of the molecule is CN=C(C=C(N)C1CC1)C(=O)N(Cc1ccc(OC)cc1OC)Cc1cccc(OCc2cccc(C(=O)OC)c2)c1OC. The number of benzene rings is 3. The van der Waals surface area contributed by atoms with Crippen LogP contribution in [-0.2, 0) is 29.2 Å². The maximum atomic E-state index is 14.0. The quantitative estimate of drug-likeness (QED) is 0.204. The monoisotopic (exact) mass is 601 g/mol. The van der Waals surface area contributed by atoms with Crippen LogP contribution in [0.1, 0.15) is 39.9 Å². The summed E-state index contributed by atoms with van der Waals surface area (Å²) in [6, 6.07) is 18.0. The number of aliphatic imine (C=N–C) groups is 1. The summed E-state index contributed by atoms with van der Waals surface area (Å²) in [7, 11) is 7.64. The molecule has 1 aliphatic rings. The van der Waals surface area contributed by atoms with Crippen molar-refractivity contribution in [3.05, 3.63) is 94.7 Å². The molecule has 0 radical (unpaired) electrons. The van der Waals surface area contributed by atoms with E-state index >= 15 is 0 Å². The van der Waals surface area contributed by atoms with Gasteiger partial charge in [0.1, 0.15) is 23.8 Å². The van der Waals surface area contributed by atoms with Gasteiger partial charge < -0.3 is 34.3 Å². The van der Waals surface area contributed by atoms with Crippen molar-refractivity contribution in [1.29, 1.82) is 0 Å². The molecule has 0 bridgehead atoms. The van der Waals surface area contributed by atoms with E-state index in [4.69, 9.17) is 29.4 Å². The molecule has 10 heteroatoms. The van der Waals surface area contributed by atoms with Crippen LogP contribution in [0.5, 0.6) is 23.0 Å². The molecule has 3 aromatic rings. The highest BCUT2D eigenvalue weighted by Crippen LogP contribution is 2.35. The lowest BCUT2D eigenvalue weighted by Crippen LogP contribution is -2.35. The van der Waals surface area contributed by atoms with Gasteiger partial charge in [0.05, 0.1) is 47.1 Å². The van der Waals surface area contributed by atoms with Crippen LogP contribution in [0.15, 0.2) is 77.4 Å². The largest absolute Gasteiger partial charge is 0.497 e. The second kappa shape index (κ2) is 15.0. The number of ether oxygens (including phenoxy) is 5. The van der Waals surface area contributed by atoms with Gasteiger partial charge in [-0.05, 0) is 60.7 Å². The van der Waals surface area contributed by atoms with Gasteiger partial charge in [0.2, 0.25) is 0 Å². The molecule has 3 aromatic carbocycles. The van der Waals surface area contributed by atoms with Crippen molar-refractivity contribution in [2.24, 2.45) is 16.6 Å². The van der Waals surface area contributed by atoms with Crippen LogP contribution >= 0.6 is 0 Å². The highest BCUT2D eigenvalue weighted by molar-refractivity contribution is 6.43. The molecule has 0 atom stereocenters. The van der Waals surface area contributed by atoms with Crippen LogP contribution in [0.4, 0.5) is 0 Å². The Balaban J connectivity index is 1.64. The Labute approximate surface area is 258 Å². The molecule has 0 heterocycles. The fourth-order valence-corrected chi connectivity index (χ4v) is 4.77. The number of nitrogens with zero attached hydrogens (tertiary/aromatic N) is 2. The van der Waals surface area contributed by atoms with E-state index in [2.05, 4.69) is 4.99 Å². The number of carbonyl (C=O) groups is 2. The van der Waals surface area contributed by atoms with Gasteiger partial charge in [0.25, 0.3) is 5.91 Å². The second-order valence-corrected chi connectivity index (χ2v) is 10.3. The maximum Gasteiger partial charge on any atom is 0.337 e. The number of hydrogen-bond acceptors (Lipinski definition) is 9. The molecule has 1 aliphatic carbocycles. The molecule has 0 aliphatic heterocycles. The third-order valence-electron chi connectivity index (χ3n) is 7.32. The number of para-hydroxylation sites is 1. The van der Waals surface area contributed by atoms with Crippen molar-refractivity contribution >= 4 is 17.6 Å². The van der Waals surface area contributed by atoms with E-state index in [0.717, 1.165) is 29.5 Å². The summed E-state index contributed by atoms with van der Waals surface area (Å²) in [4.78, 5) is 31.9. The van der Waals surface area contributed by atoms with Gasteiger partial charge in [0.15, 0.2) is 11.5 Å². The molecule has 1 fully saturated rings. The van der Waals surface area contributed by atoms with Crippen LogP contribution in [0.2, 0.25) is 0 Å². The molecular weight excluding hydrogens is 562 g/mol. The molecule has 2 N–H and O–H groups in total. The summed E-state index contributed by atoms with van der Waals surface area (Å²) in [6.07, 6.45) is 3.70. The lowest BCUT2D eigenvalue weighted by molar-refractivity contribution is -0.125. The zero-order chi connectivity index (χ0) is 31.6. The molecule has 0 aromatic heterocycles. The van der Waals surface area contributed by atoms with Crippen LogP contribution < -0.4 is 24.7 Å². The van der Waals surface area contributed by atoms with Crippen LogP contribution in [0.3, 0.4) is 0 Å². The normalized spacial score (nSPS) is 13.2. The zero-order valence-electron chi connectivity index (χ0n) is 25.8. The Bertz CT molecular complexity index is 1550. The number of methoxy groups -OCH3 is 4. The van der Waals surface area contributed by atoms with E-state index in [1.807, 2.05) is 30.3 Å². The van der Waals surface area contributed by atoms with Gasteiger partial charge in [-0.1, -0.05) is 24.3 Å². The third-order valence-corrected chi connectivity index (χ3v) is 7.32. The molecule has 232 valence electrons. The first kappa shape index (κ1) is 31.9. The summed E-state index contributed by atoms with van der Waals surface area (Å²) < 4.78 is 27.7. The van der Waals surface area contributed by atoms with Gasteiger partial charge in [0, 0.05) is 29.9 Å². The van der Waals surface area contributed by atoms with Crippen molar-refractivity contribution in [3.63, 3.8) is 0 Å². The summed E-state index contributed by atoms with van der Waals surface area (Å²) in [6.45, 7) is 0.591. The summed E-state index contributed by atoms with van der Waals surface area (Å²) in [5.41, 5.74) is 9.92. The van der Waals surface area contributed by atoms with Crippen LogP contribution in [-0.4, -0.2) is 58.0 Å². The van der Waals surface area contributed by atoms with Gasteiger partial charge in [-0.3, -0.25) is 9.79 Å². The van der Waals surface area contributed by atoms with Crippen molar-refractivity contribution in [2.45, 2.75) is 32.5 Å². The lowest BCUT2D eigenvalue weighted by atomic mass is 10.1. The van der Waals surface area contributed by atoms with E-state index in [1.165, 1.54) is 7.11 Å². The Morgan fingerprint density at radius 2 is 1.66 bits per heavy atom. The number of nitrogens with two attached hydrogens (primary N) is 1. The Morgan fingerprint density at radius 3 is 2.32 bits per heavy atom. The van der Waals surface area contributed by atoms with E-state index in [9.17, 15) is 9.59 Å². The molecule has 0 saturated heterocycles. The van der Waals surface area contributed by atoms with Crippen molar-refractivity contribution in [3.8, 4) is 23.0 Å². The van der Waals surface area contributed by atoms with Gasteiger partial charge in [-0.2, -0.15) is 0 Å². The minimum atomic E-state index is -0.423. The molecule has 0 spiro atoms. The number of carbonyl (C=O) groups excluding carboxylic acids is 2. The smallest absolute Gasteiger partial charge is 0.337 e. The van der Waals surface area contributed by atoms with Gasteiger partial charge >= 0.3 is 5.97 Å². The predicted molar refractivity (Wildman–Crippen MR) is 167 cm³/mol. The van der Waals surface area contributed by atoms with E-state index in [-0.39, 0.29) is 37.2 Å². The first-order chi connectivity index (χ1) is 21.3. The Morgan fingerprint density at radius 1 is 0.909 bits per heavy atom. The fraction of sp³-hybridized carbons (Fsp3) is 0.324. The number of esters is 1. The van der Waals surface area contributed by atoms with E-state index < -0.39 is 5.97 Å². The highest BCUT2D eigenvalue weighted by atomic mass is 16.5.